The fraction of sp³-hybridized carbons (Fsp3) is 0.200. The molecule has 1 aromatic heterocycles. The Morgan fingerprint density at radius 2 is 1.69 bits per heavy atom. The molecule has 0 unspecified atom stereocenters. The van der Waals surface area contributed by atoms with Crippen LogP contribution in [0.1, 0.15) is 11.1 Å². The van der Waals surface area contributed by atoms with E-state index in [2.05, 4.69) is 9.97 Å². The zero-order valence-corrected chi connectivity index (χ0v) is 14.4. The van der Waals surface area contributed by atoms with E-state index in [9.17, 15) is 4.39 Å². The molecule has 0 fully saturated rings. The van der Waals surface area contributed by atoms with Crippen LogP contribution in [-0.4, -0.2) is 23.7 Å². The van der Waals surface area contributed by atoms with Crippen LogP contribution in [0.25, 0.3) is 0 Å². The summed E-state index contributed by atoms with van der Waals surface area (Å²) in [4.78, 5) is 7.83. The first-order valence-corrected chi connectivity index (χ1v) is 8.19. The monoisotopic (exact) mass is 354 g/mol. The fourth-order valence-electron chi connectivity index (χ4n) is 2.29. The van der Waals surface area contributed by atoms with Crippen molar-refractivity contribution in [3.05, 3.63) is 77.7 Å². The second-order valence-electron chi connectivity index (χ2n) is 5.53. The summed E-state index contributed by atoms with van der Waals surface area (Å²) in [5.74, 6) is 0.0556. The van der Waals surface area contributed by atoms with Crippen LogP contribution >= 0.6 is 0 Å². The van der Waals surface area contributed by atoms with E-state index in [1.54, 1.807) is 7.11 Å². The van der Waals surface area contributed by atoms with E-state index in [1.807, 2.05) is 54.6 Å². The van der Waals surface area contributed by atoms with Crippen molar-refractivity contribution in [3.63, 3.8) is 0 Å². The predicted molar refractivity (Wildman–Crippen MR) is 95.0 cm³/mol. The maximum absolute atomic E-state index is 13.8. The first-order valence-electron chi connectivity index (χ1n) is 8.19. The van der Waals surface area contributed by atoms with Crippen molar-refractivity contribution in [1.29, 1.82) is 0 Å². The second kappa shape index (κ2) is 8.80. The summed E-state index contributed by atoms with van der Waals surface area (Å²) in [6, 6.07) is 17.3. The van der Waals surface area contributed by atoms with Crippen LogP contribution in [0.2, 0.25) is 0 Å². The van der Waals surface area contributed by atoms with Gasteiger partial charge in [-0.1, -0.05) is 42.5 Å². The summed E-state index contributed by atoms with van der Waals surface area (Å²) in [7, 11) is 1.62. The Bertz CT molecular complexity index is 826. The van der Waals surface area contributed by atoms with E-state index in [4.69, 9.17) is 14.2 Å². The molecule has 6 heteroatoms. The Labute approximate surface area is 151 Å². The molecule has 0 atom stereocenters. The highest BCUT2D eigenvalue weighted by Gasteiger charge is 2.09. The van der Waals surface area contributed by atoms with Crippen LogP contribution in [-0.2, 0) is 13.0 Å². The molecule has 0 bridgehead atoms. The topological polar surface area (TPSA) is 53.5 Å². The minimum Gasteiger partial charge on any atom is -0.497 e. The van der Waals surface area contributed by atoms with Gasteiger partial charge < -0.3 is 14.2 Å². The van der Waals surface area contributed by atoms with Crippen molar-refractivity contribution in [2.24, 2.45) is 0 Å². The average molecular weight is 354 g/mol. The van der Waals surface area contributed by atoms with Crippen molar-refractivity contribution in [2.45, 2.75) is 13.0 Å². The highest BCUT2D eigenvalue weighted by Crippen LogP contribution is 2.17. The van der Waals surface area contributed by atoms with Gasteiger partial charge in [-0.05, 0) is 23.3 Å². The van der Waals surface area contributed by atoms with Gasteiger partial charge in [0.25, 0.3) is 5.88 Å². The van der Waals surface area contributed by atoms with E-state index >= 15 is 0 Å². The standard InChI is InChI=1S/C20H19FN2O3/c1-24-17-9-7-15(8-10-17)11-12-25-19-18(21)13-22-20(23-19)26-14-16-5-3-2-4-6-16/h2-10,13H,11-12,14H2,1H3. The van der Waals surface area contributed by atoms with E-state index in [-0.39, 0.29) is 11.9 Å². The van der Waals surface area contributed by atoms with Crippen molar-refractivity contribution in [3.8, 4) is 17.6 Å². The Hall–Kier alpha value is -3.15. The molecule has 0 N–H and O–H groups in total. The summed E-state index contributed by atoms with van der Waals surface area (Å²) in [5.41, 5.74) is 2.03. The fourth-order valence-corrected chi connectivity index (χ4v) is 2.29. The third kappa shape index (κ3) is 4.92. The molecule has 0 amide bonds. The molecule has 0 radical (unpaired) electrons. The summed E-state index contributed by atoms with van der Waals surface area (Å²) in [6.45, 7) is 0.593. The van der Waals surface area contributed by atoms with Gasteiger partial charge in [0.1, 0.15) is 12.4 Å². The number of hydrogen-bond donors (Lipinski definition) is 0. The van der Waals surface area contributed by atoms with E-state index in [1.165, 1.54) is 0 Å². The normalized spacial score (nSPS) is 10.4. The lowest BCUT2D eigenvalue weighted by molar-refractivity contribution is 0.254. The van der Waals surface area contributed by atoms with Crippen LogP contribution in [0.5, 0.6) is 17.6 Å². The van der Waals surface area contributed by atoms with Crippen molar-refractivity contribution >= 4 is 0 Å². The van der Waals surface area contributed by atoms with Gasteiger partial charge in [0, 0.05) is 6.42 Å². The SMILES string of the molecule is COc1ccc(CCOc2nc(OCc3ccccc3)ncc2F)cc1. The van der Waals surface area contributed by atoms with Gasteiger partial charge >= 0.3 is 6.01 Å². The molecule has 1 heterocycles. The number of rotatable bonds is 8. The Morgan fingerprint density at radius 1 is 0.923 bits per heavy atom. The second-order valence-corrected chi connectivity index (χ2v) is 5.53. The van der Waals surface area contributed by atoms with Crippen molar-refractivity contribution in [2.75, 3.05) is 13.7 Å². The third-order valence-electron chi connectivity index (χ3n) is 3.69. The van der Waals surface area contributed by atoms with E-state index in [0.717, 1.165) is 23.1 Å². The number of nitrogens with zero attached hydrogens (tertiary/aromatic N) is 2. The molecule has 134 valence electrons. The molecule has 0 aliphatic carbocycles. The molecule has 3 aromatic rings. The molecule has 2 aromatic carbocycles. The number of methoxy groups -OCH3 is 1. The van der Waals surface area contributed by atoms with Gasteiger partial charge in [0.05, 0.1) is 19.9 Å². The molecule has 5 nitrogen and oxygen atoms in total. The van der Waals surface area contributed by atoms with Gasteiger partial charge in [0.2, 0.25) is 5.82 Å². The maximum Gasteiger partial charge on any atom is 0.320 e. The smallest absolute Gasteiger partial charge is 0.320 e. The number of hydrogen-bond acceptors (Lipinski definition) is 5. The highest BCUT2D eigenvalue weighted by atomic mass is 19.1. The summed E-state index contributed by atoms with van der Waals surface area (Å²) in [6.07, 6.45) is 1.67. The number of ether oxygens (including phenoxy) is 3. The number of halogens is 1. The summed E-state index contributed by atoms with van der Waals surface area (Å²) in [5, 5.41) is 0. The summed E-state index contributed by atoms with van der Waals surface area (Å²) >= 11 is 0. The zero-order valence-electron chi connectivity index (χ0n) is 14.4. The molecule has 26 heavy (non-hydrogen) atoms. The lowest BCUT2D eigenvalue weighted by Gasteiger charge is -2.09. The van der Waals surface area contributed by atoms with Gasteiger partial charge in [-0.15, -0.1) is 0 Å². The molecule has 0 aliphatic heterocycles. The summed E-state index contributed by atoms with van der Waals surface area (Å²) < 4.78 is 29.9. The van der Waals surface area contributed by atoms with Crippen LogP contribution in [0.15, 0.2) is 60.8 Å². The average Bonchev–Trinajstić information content (AvgIpc) is 2.69. The van der Waals surface area contributed by atoms with E-state index < -0.39 is 5.82 Å². The maximum atomic E-state index is 13.8. The van der Waals surface area contributed by atoms with Gasteiger partial charge in [-0.25, -0.2) is 4.98 Å². The quantitative estimate of drug-likeness (QED) is 0.615. The molecule has 0 spiro atoms. The minimum atomic E-state index is -0.619. The Balaban J connectivity index is 1.55. The van der Waals surface area contributed by atoms with Crippen molar-refractivity contribution in [1.82, 2.24) is 9.97 Å². The predicted octanol–water partition coefficient (Wildman–Crippen LogP) is 3.82. The molecular weight excluding hydrogens is 335 g/mol. The van der Waals surface area contributed by atoms with Crippen LogP contribution in [0, 0.1) is 5.82 Å². The number of aromatic nitrogens is 2. The first-order chi connectivity index (χ1) is 12.7. The Kier molecular flexibility index (Phi) is 5.98. The largest absolute Gasteiger partial charge is 0.497 e. The lowest BCUT2D eigenvalue weighted by atomic mass is 10.1. The van der Waals surface area contributed by atoms with E-state index in [0.29, 0.717) is 19.6 Å². The third-order valence-corrected chi connectivity index (χ3v) is 3.69. The van der Waals surface area contributed by atoms with Gasteiger partial charge in [0.15, 0.2) is 0 Å². The van der Waals surface area contributed by atoms with Gasteiger partial charge in [-0.3, -0.25) is 0 Å². The first kappa shape index (κ1) is 17.7. The van der Waals surface area contributed by atoms with Crippen LogP contribution in [0.3, 0.4) is 0 Å². The molecule has 0 saturated carbocycles. The Morgan fingerprint density at radius 3 is 2.42 bits per heavy atom. The molecular formula is C20H19FN2O3. The number of benzene rings is 2. The molecule has 0 saturated heterocycles. The van der Waals surface area contributed by atoms with Crippen molar-refractivity contribution < 1.29 is 18.6 Å². The lowest BCUT2D eigenvalue weighted by Crippen LogP contribution is -2.07. The van der Waals surface area contributed by atoms with Crippen LogP contribution < -0.4 is 14.2 Å². The molecule has 3 rings (SSSR count). The highest BCUT2D eigenvalue weighted by molar-refractivity contribution is 5.27. The van der Waals surface area contributed by atoms with Crippen LogP contribution in [0.4, 0.5) is 4.39 Å². The zero-order chi connectivity index (χ0) is 18.2. The molecule has 0 aliphatic rings. The van der Waals surface area contributed by atoms with Gasteiger partial charge in [-0.2, -0.15) is 9.37 Å². The minimum absolute atomic E-state index is 0.0784.